The minimum atomic E-state index is -1.97. The van der Waals surface area contributed by atoms with E-state index in [0.717, 1.165) is 44.9 Å². The van der Waals surface area contributed by atoms with Crippen LogP contribution in [0.4, 0.5) is 0 Å². The standard InChI is InChI=1S/C68H131NO18/c1-3-5-7-9-11-13-15-17-19-21-23-25-26-28-30-32-34-36-38-40-42-44-46-56(74)69-51(52(73)45-43-41-39-37-35-33-31-29-27-24-22-20-18-16-14-12-10-8-6-4-2)50-82-66-62(80)59(77)64(54(48-71)84-66)87-68-63(81)60(78)65(55(49-72)85-68)86-67-61(79)58(76)57(75)53(47-70)83-67/h51-55,57-68,70-73,75-81H,3-50H2,1-2H3,(H,69,74). The molecule has 17 unspecified atom stereocenters. The lowest BCUT2D eigenvalue weighted by Crippen LogP contribution is -2.66. The molecule has 0 aliphatic carbocycles. The molecule has 0 aromatic heterocycles. The SMILES string of the molecule is CCCCCCCCCCCCCCCCCCCCCCCCC(=O)NC(COC1OC(CO)C(OC2OC(CO)C(OC3OC(CO)C(O)C(O)C3O)C(O)C2O)C(O)C1O)C(O)CCCCCCCCCCCCCCCCCCCCCC. The molecule has 516 valence electrons. The third-order valence-electron chi connectivity index (χ3n) is 18.4. The zero-order valence-electron chi connectivity index (χ0n) is 54.5. The highest BCUT2D eigenvalue weighted by molar-refractivity contribution is 5.76. The molecule has 0 aromatic carbocycles. The molecular formula is C68H131NO18. The van der Waals surface area contributed by atoms with E-state index >= 15 is 0 Å². The molecule has 3 heterocycles. The lowest BCUT2D eigenvalue weighted by molar-refractivity contribution is -0.379. The van der Waals surface area contributed by atoms with Crippen LogP contribution >= 0.6 is 0 Å². The Labute approximate surface area is 525 Å². The third kappa shape index (κ3) is 33.5. The summed E-state index contributed by atoms with van der Waals surface area (Å²) in [5.74, 6) is -0.235. The Morgan fingerprint density at radius 1 is 0.368 bits per heavy atom. The fraction of sp³-hybridized carbons (Fsp3) is 0.985. The van der Waals surface area contributed by atoms with Crippen molar-refractivity contribution in [3.05, 3.63) is 0 Å². The maximum absolute atomic E-state index is 13.4. The van der Waals surface area contributed by atoms with Crippen LogP contribution in [0.1, 0.15) is 296 Å². The number of nitrogens with one attached hydrogen (secondary N) is 1. The summed E-state index contributed by atoms with van der Waals surface area (Å²) in [4.78, 5) is 13.4. The summed E-state index contributed by atoms with van der Waals surface area (Å²) in [5, 5.41) is 121. The molecule has 3 rings (SSSR count). The Hall–Kier alpha value is -1.21. The molecule has 0 saturated carbocycles. The van der Waals surface area contributed by atoms with Gasteiger partial charge in [0.2, 0.25) is 5.91 Å². The van der Waals surface area contributed by atoms with Gasteiger partial charge in [-0.3, -0.25) is 4.79 Å². The van der Waals surface area contributed by atoms with E-state index in [-0.39, 0.29) is 18.9 Å². The van der Waals surface area contributed by atoms with Crippen molar-refractivity contribution >= 4 is 5.91 Å². The lowest BCUT2D eigenvalue weighted by atomic mass is 9.96. The van der Waals surface area contributed by atoms with Crippen molar-refractivity contribution in [2.75, 3.05) is 26.4 Å². The van der Waals surface area contributed by atoms with Crippen molar-refractivity contribution in [1.82, 2.24) is 5.32 Å². The van der Waals surface area contributed by atoms with Crippen LogP contribution in [0.15, 0.2) is 0 Å². The van der Waals surface area contributed by atoms with Crippen molar-refractivity contribution in [3.8, 4) is 0 Å². The van der Waals surface area contributed by atoms with Gasteiger partial charge in [0.25, 0.3) is 0 Å². The van der Waals surface area contributed by atoms with Crippen LogP contribution < -0.4 is 5.32 Å². The first-order valence-electron chi connectivity index (χ1n) is 35.8. The lowest BCUT2D eigenvalue weighted by Gasteiger charge is -2.48. The zero-order chi connectivity index (χ0) is 63.3. The third-order valence-corrected chi connectivity index (χ3v) is 18.4. The van der Waals surface area contributed by atoms with E-state index in [1.807, 2.05) is 0 Å². The molecule has 3 aliphatic heterocycles. The summed E-state index contributed by atoms with van der Waals surface area (Å²) in [6.07, 6.45) is 27.5. The Morgan fingerprint density at radius 2 is 0.655 bits per heavy atom. The van der Waals surface area contributed by atoms with Crippen LogP contribution in [0.25, 0.3) is 0 Å². The zero-order valence-corrected chi connectivity index (χ0v) is 54.5. The van der Waals surface area contributed by atoms with Gasteiger partial charge in [-0.2, -0.15) is 0 Å². The fourth-order valence-corrected chi connectivity index (χ4v) is 12.6. The average molecular weight is 1250 g/mol. The number of aliphatic hydroxyl groups is 11. The van der Waals surface area contributed by atoms with Crippen LogP contribution in [-0.4, -0.2) is 193 Å². The van der Waals surface area contributed by atoms with Gasteiger partial charge < -0.3 is 89.9 Å². The molecule has 19 heteroatoms. The first-order valence-corrected chi connectivity index (χ1v) is 35.8. The molecule has 17 atom stereocenters. The summed E-state index contributed by atoms with van der Waals surface area (Å²) in [6.45, 7) is 1.85. The van der Waals surface area contributed by atoms with E-state index in [2.05, 4.69) is 19.2 Å². The van der Waals surface area contributed by atoms with Crippen molar-refractivity contribution in [2.45, 2.75) is 401 Å². The van der Waals surface area contributed by atoms with Gasteiger partial charge in [0.05, 0.1) is 38.6 Å². The Morgan fingerprint density at radius 3 is 1.00 bits per heavy atom. The van der Waals surface area contributed by atoms with E-state index in [1.54, 1.807) is 0 Å². The number of carbonyl (C=O) groups is 1. The molecule has 87 heavy (non-hydrogen) atoms. The molecule has 0 spiro atoms. The van der Waals surface area contributed by atoms with Gasteiger partial charge >= 0.3 is 0 Å². The normalized spacial score (nSPS) is 28.5. The Kier molecular flexibility index (Phi) is 47.1. The maximum atomic E-state index is 13.4. The number of hydrogen-bond acceptors (Lipinski definition) is 18. The maximum Gasteiger partial charge on any atom is 0.220 e. The van der Waals surface area contributed by atoms with Crippen molar-refractivity contribution in [1.29, 1.82) is 0 Å². The Bertz CT molecular complexity index is 1590. The molecule has 3 fully saturated rings. The van der Waals surface area contributed by atoms with Gasteiger partial charge in [-0.1, -0.05) is 277 Å². The minimum Gasteiger partial charge on any atom is -0.394 e. The minimum absolute atomic E-state index is 0.235. The summed E-state index contributed by atoms with van der Waals surface area (Å²) >= 11 is 0. The molecule has 0 radical (unpaired) electrons. The molecular weight excluding hydrogens is 1120 g/mol. The summed E-state index contributed by atoms with van der Waals surface area (Å²) in [5.41, 5.74) is 0. The number of hydrogen-bond donors (Lipinski definition) is 12. The van der Waals surface area contributed by atoms with E-state index < -0.39 is 124 Å². The molecule has 19 nitrogen and oxygen atoms in total. The van der Waals surface area contributed by atoms with E-state index in [1.165, 1.54) is 218 Å². The van der Waals surface area contributed by atoms with Gasteiger partial charge in [-0.15, -0.1) is 0 Å². The molecule has 3 saturated heterocycles. The topological polar surface area (TPSA) is 307 Å². The highest BCUT2D eigenvalue weighted by Gasteiger charge is 2.53. The number of rotatable bonds is 56. The van der Waals surface area contributed by atoms with Crippen LogP contribution in [0.3, 0.4) is 0 Å². The summed E-state index contributed by atoms with van der Waals surface area (Å²) in [7, 11) is 0. The van der Waals surface area contributed by atoms with Gasteiger partial charge in [0.15, 0.2) is 18.9 Å². The van der Waals surface area contributed by atoms with Crippen LogP contribution in [0.2, 0.25) is 0 Å². The number of carbonyl (C=O) groups excluding carboxylic acids is 1. The van der Waals surface area contributed by atoms with Crippen molar-refractivity contribution < 1.29 is 89.4 Å². The monoisotopic (exact) mass is 1250 g/mol. The van der Waals surface area contributed by atoms with Gasteiger partial charge in [-0.05, 0) is 12.8 Å². The second kappa shape index (κ2) is 51.2. The smallest absolute Gasteiger partial charge is 0.220 e. The second-order valence-electron chi connectivity index (χ2n) is 26.1. The highest BCUT2D eigenvalue weighted by Crippen LogP contribution is 2.33. The largest absolute Gasteiger partial charge is 0.394 e. The Balaban J connectivity index is 1.42. The van der Waals surface area contributed by atoms with E-state index in [0.29, 0.717) is 12.8 Å². The molecule has 0 bridgehead atoms. The van der Waals surface area contributed by atoms with Gasteiger partial charge in [0.1, 0.15) is 73.2 Å². The first-order chi connectivity index (χ1) is 42.3. The molecule has 0 aromatic rings. The van der Waals surface area contributed by atoms with Crippen molar-refractivity contribution in [2.24, 2.45) is 0 Å². The van der Waals surface area contributed by atoms with E-state index in [4.69, 9.17) is 28.4 Å². The summed E-state index contributed by atoms with van der Waals surface area (Å²) < 4.78 is 34.4. The van der Waals surface area contributed by atoms with Gasteiger partial charge in [0, 0.05) is 6.42 Å². The van der Waals surface area contributed by atoms with E-state index in [9.17, 15) is 61.0 Å². The quantitative estimate of drug-likeness (QED) is 0.0252. The predicted molar refractivity (Wildman–Crippen MR) is 337 cm³/mol. The fourth-order valence-electron chi connectivity index (χ4n) is 12.6. The number of amides is 1. The van der Waals surface area contributed by atoms with Crippen molar-refractivity contribution in [3.63, 3.8) is 0 Å². The molecule has 3 aliphatic rings. The number of unbranched alkanes of at least 4 members (excludes halogenated alkanes) is 40. The predicted octanol–water partition coefficient (Wildman–Crippen LogP) is 9.50. The molecule has 12 N–H and O–H groups in total. The van der Waals surface area contributed by atoms with Gasteiger partial charge in [-0.25, -0.2) is 0 Å². The number of ether oxygens (including phenoxy) is 6. The summed E-state index contributed by atoms with van der Waals surface area (Å²) in [6, 6.07) is -0.882. The van der Waals surface area contributed by atoms with Crippen LogP contribution in [0.5, 0.6) is 0 Å². The average Bonchev–Trinajstić information content (AvgIpc) is 2.88. The van der Waals surface area contributed by atoms with Crippen LogP contribution in [0, 0.1) is 0 Å². The first kappa shape index (κ1) is 80.0. The number of aliphatic hydroxyl groups excluding tert-OH is 11. The van der Waals surface area contributed by atoms with Crippen LogP contribution in [-0.2, 0) is 33.2 Å². The molecule has 1 amide bonds. The highest BCUT2D eigenvalue weighted by atomic mass is 16.8. The second-order valence-corrected chi connectivity index (χ2v) is 26.1.